The molecule has 0 saturated heterocycles. The monoisotopic (exact) mass is 223 g/mol. The molecule has 0 saturated carbocycles. The van der Waals surface area contributed by atoms with Crippen molar-refractivity contribution in [3.63, 3.8) is 0 Å². The van der Waals surface area contributed by atoms with E-state index >= 15 is 0 Å². The molecule has 1 aromatic carbocycles. The Bertz CT molecular complexity index is 434. The maximum Gasteiger partial charge on any atom is 0.133 e. The maximum absolute atomic E-state index is 5.83. The average molecular weight is 224 g/mol. The number of benzene rings is 1. The minimum atomic E-state index is 0.330. The van der Waals surface area contributed by atoms with Crippen molar-refractivity contribution in [3.8, 4) is 0 Å². The molecule has 2 aromatic rings. The molecule has 3 heteroatoms. The van der Waals surface area contributed by atoms with Crippen molar-refractivity contribution in [2.24, 2.45) is 0 Å². The van der Waals surface area contributed by atoms with Crippen LogP contribution in [0.5, 0.6) is 0 Å². The Hall–Kier alpha value is -0.990. The van der Waals surface area contributed by atoms with E-state index in [-0.39, 0.29) is 0 Å². The topological polar surface area (TPSA) is 25.2 Å². The Morgan fingerprint density at radius 3 is 3.00 bits per heavy atom. The van der Waals surface area contributed by atoms with Crippen LogP contribution >= 0.6 is 11.6 Å². The van der Waals surface area contributed by atoms with E-state index in [1.54, 1.807) is 6.26 Å². The number of alkyl halides is 1. The molecule has 0 aliphatic heterocycles. The SMILES string of the molecule is CNC(CCl)Cc1ccc2occc2c1. The van der Waals surface area contributed by atoms with E-state index in [9.17, 15) is 0 Å². The second-order valence-corrected chi connectivity index (χ2v) is 3.95. The van der Waals surface area contributed by atoms with Crippen LogP contribution in [0.1, 0.15) is 5.56 Å². The largest absolute Gasteiger partial charge is 0.464 e. The van der Waals surface area contributed by atoms with E-state index < -0.39 is 0 Å². The third-order valence-corrected chi connectivity index (χ3v) is 2.97. The molecule has 0 aliphatic carbocycles. The molecule has 0 spiro atoms. The molecular weight excluding hydrogens is 210 g/mol. The smallest absolute Gasteiger partial charge is 0.133 e. The van der Waals surface area contributed by atoms with Gasteiger partial charge in [0.15, 0.2) is 0 Å². The molecule has 15 heavy (non-hydrogen) atoms. The van der Waals surface area contributed by atoms with Gasteiger partial charge in [-0.05, 0) is 37.2 Å². The van der Waals surface area contributed by atoms with Crippen LogP contribution in [-0.4, -0.2) is 19.0 Å². The van der Waals surface area contributed by atoms with Crippen molar-refractivity contribution < 1.29 is 4.42 Å². The number of rotatable bonds is 4. The van der Waals surface area contributed by atoms with Crippen LogP contribution in [0.25, 0.3) is 11.0 Å². The number of hydrogen-bond donors (Lipinski definition) is 1. The first-order valence-corrected chi connectivity index (χ1v) is 5.56. The van der Waals surface area contributed by atoms with Gasteiger partial charge < -0.3 is 9.73 Å². The van der Waals surface area contributed by atoms with Gasteiger partial charge in [-0.1, -0.05) is 6.07 Å². The molecule has 0 amide bonds. The number of likely N-dealkylation sites (N-methyl/N-ethyl adjacent to an activating group) is 1. The van der Waals surface area contributed by atoms with Crippen LogP contribution in [0, 0.1) is 0 Å². The number of furan rings is 1. The second-order valence-electron chi connectivity index (χ2n) is 3.64. The third kappa shape index (κ3) is 2.33. The Labute approximate surface area is 94.2 Å². The molecule has 0 bridgehead atoms. The summed E-state index contributed by atoms with van der Waals surface area (Å²) in [4.78, 5) is 0. The number of hydrogen-bond acceptors (Lipinski definition) is 2. The highest BCUT2D eigenvalue weighted by atomic mass is 35.5. The third-order valence-electron chi connectivity index (χ3n) is 2.59. The van der Waals surface area contributed by atoms with Crippen LogP contribution < -0.4 is 5.32 Å². The fraction of sp³-hybridized carbons (Fsp3) is 0.333. The van der Waals surface area contributed by atoms with Gasteiger partial charge in [-0.15, -0.1) is 11.6 Å². The van der Waals surface area contributed by atoms with E-state index in [4.69, 9.17) is 16.0 Å². The van der Waals surface area contributed by atoms with E-state index in [1.807, 2.05) is 19.2 Å². The number of nitrogens with one attached hydrogen (secondary N) is 1. The zero-order valence-electron chi connectivity index (χ0n) is 8.66. The lowest BCUT2D eigenvalue weighted by atomic mass is 10.1. The van der Waals surface area contributed by atoms with E-state index in [2.05, 4.69) is 17.4 Å². The molecule has 1 heterocycles. The van der Waals surface area contributed by atoms with Crippen LogP contribution in [-0.2, 0) is 6.42 Å². The molecule has 2 rings (SSSR count). The lowest BCUT2D eigenvalue weighted by molar-refractivity contribution is 0.610. The summed E-state index contributed by atoms with van der Waals surface area (Å²) < 4.78 is 5.29. The summed E-state index contributed by atoms with van der Waals surface area (Å²) in [5.41, 5.74) is 2.22. The van der Waals surface area contributed by atoms with E-state index in [0.717, 1.165) is 17.4 Å². The molecule has 0 fully saturated rings. The van der Waals surface area contributed by atoms with Crippen LogP contribution in [0.2, 0.25) is 0 Å². The zero-order chi connectivity index (χ0) is 10.7. The molecule has 1 unspecified atom stereocenters. The van der Waals surface area contributed by atoms with Gasteiger partial charge in [0.25, 0.3) is 0 Å². The van der Waals surface area contributed by atoms with E-state index in [0.29, 0.717) is 11.9 Å². The molecule has 2 nitrogen and oxygen atoms in total. The van der Waals surface area contributed by atoms with Crippen LogP contribution in [0.3, 0.4) is 0 Å². The molecular formula is C12H14ClNO. The highest BCUT2D eigenvalue weighted by Gasteiger charge is 2.06. The first kappa shape index (κ1) is 10.5. The maximum atomic E-state index is 5.83. The van der Waals surface area contributed by atoms with Gasteiger partial charge in [0.2, 0.25) is 0 Å². The minimum Gasteiger partial charge on any atom is -0.464 e. The first-order chi connectivity index (χ1) is 7.33. The highest BCUT2D eigenvalue weighted by Crippen LogP contribution is 2.17. The lowest BCUT2D eigenvalue weighted by Crippen LogP contribution is -2.29. The van der Waals surface area contributed by atoms with Gasteiger partial charge in [0.05, 0.1) is 6.26 Å². The van der Waals surface area contributed by atoms with E-state index in [1.165, 1.54) is 5.56 Å². The molecule has 1 N–H and O–H groups in total. The number of fused-ring (bicyclic) bond motifs is 1. The summed E-state index contributed by atoms with van der Waals surface area (Å²) in [6.07, 6.45) is 2.66. The van der Waals surface area contributed by atoms with Gasteiger partial charge in [0.1, 0.15) is 5.58 Å². The predicted octanol–water partition coefficient (Wildman–Crippen LogP) is 2.80. The van der Waals surface area contributed by atoms with Gasteiger partial charge in [-0.3, -0.25) is 0 Å². The van der Waals surface area contributed by atoms with Crippen molar-refractivity contribution >= 4 is 22.6 Å². The summed E-state index contributed by atoms with van der Waals surface area (Å²) in [6.45, 7) is 0. The van der Waals surface area contributed by atoms with Gasteiger partial charge >= 0.3 is 0 Å². The summed E-state index contributed by atoms with van der Waals surface area (Å²) >= 11 is 5.83. The minimum absolute atomic E-state index is 0.330. The lowest BCUT2D eigenvalue weighted by Gasteiger charge is -2.12. The summed E-state index contributed by atoms with van der Waals surface area (Å²) in [7, 11) is 1.93. The summed E-state index contributed by atoms with van der Waals surface area (Å²) in [6, 6.07) is 8.55. The average Bonchev–Trinajstić information content (AvgIpc) is 2.73. The molecule has 0 aliphatic rings. The Morgan fingerprint density at radius 1 is 1.40 bits per heavy atom. The molecule has 0 radical (unpaired) electrons. The molecule has 80 valence electrons. The highest BCUT2D eigenvalue weighted by molar-refractivity contribution is 6.18. The normalized spacial score (nSPS) is 13.2. The van der Waals surface area contributed by atoms with Crippen molar-refractivity contribution in [2.45, 2.75) is 12.5 Å². The Balaban J connectivity index is 2.20. The van der Waals surface area contributed by atoms with Crippen LogP contribution in [0.15, 0.2) is 34.9 Å². The van der Waals surface area contributed by atoms with Crippen molar-refractivity contribution in [3.05, 3.63) is 36.1 Å². The standard InChI is InChI=1S/C12H14ClNO/c1-14-11(8-13)7-9-2-3-12-10(6-9)4-5-15-12/h2-6,11,14H,7-8H2,1H3. The number of halogens is 1. The summed E-state index contributed by atoms with van der Waals surface area (Å²) in [5.74, 6) is 0.625. The van der Waals surface area contributed by atoms with Crippen molar-refractivity contribution in [1.82, 2.24) is 5.32 Å². The second kappa shape index (κ2) is 4.69. The Morgan fingerprint density at radius 2 is 2.27 bits per heavy atom. The fourth-order valence-corrected chi connectivity index (χ4v) is 1.92. The van der Waals surface area contributed by atoms with Crippen LogP contribution in [0.4, 0.5) is 0 Å². The zero-order valence-corrected chi connectivity index (χ0v) is 9.42. The fourth-order valence-electron chi connectivity index (χ4n) is 1.66. The molecule has 1 atom stereocenters. The van der Waals surface area contributed by atoms with Crippen molar-refractivity contribution in [1.29, 1.82) is 0 Å². The Kier molecular flexibility index (Phi) is 3.29. The first-order valence-electron chi connectivity index (χ1n) is 5.03. The van der Waals surface area contributed by atoms with Gasteiger partial charge in [-0.2, -0.15) is 0 Å². The summed E-state index contributed by atoms with van der Waals surface area (Å²) in [5, 5.41) is 4.34. The van der Waals surface area contributed by atoms with Gasteiger partial charge in [0, 0.05) is 17.3 Å². The van der Waals surface area contributed by atoms with Gasteiger partial charge in [-0.25, -0.2) is 0 Å². The van der Waals surface area contributed by atoms with Crippen molar-refractivity contribution in [2.75, 3.05) is 12.9 Å². The predicted molar refractivity (Wildman–Crippen MR) is 63.5 cm³/mol. The quantitative estimate of drug-likeness (QED) is 0.807. The molecule has 1 aromatic heterocycles.